The van der Waals surface area contributed by atoms with E-state index in [1.54, 1.807) is 29.1 Å². The molecule has 1 saturated heterocycles. The van der Waals surface area contributed by atoms with Crippen molar-refractivity contribution < 1.29 is 13.9 Å². The Balaban J connectivity index is 1.26. The second-order valence-corrected chi connectivity index (χ2v) is 7.02. The molecule has 3 aromatic rings. The van der Waals surface area contributed by atoms with Gasteiger partial charge in [-0.15, -0.1) is 0 Å². The number of anilines is 1. The Morgan fingerprint density at radius 3 is 2.64 bits per heavy atom. The van der Waals surface area contributed by atoms with Crippen LogP contribution in [0.25, 0.3) is 5.69 Å². The molecular formula is C22H22FN3O2. The molecule has 144 valence electrons. The van der Waals surface area contributed by atoms with Gasteiger partial charge in [0.1, 0.15) is 5.82 Å². The zero-order valence-corrected chi connectivity index (χ0v) is 15.5. The minimum Gasteiger partial charge on any atom is -0.465 e. The molecule has 6 heteroatoms. The van der Waals surface area contributed by atoms with Gasteiger partial charge < -0.3 is 9.64 Å². The molecule has 4 rings (SSSR count). The van der Waals surface area contributed by atoms with Crippen molar-refractivity contribution in [1.82, 2.24) is 9.78 Å². The molecule has 0 unspecified atom stereocenters. The number of nitrogens with zero attached hydrogens (tertiary/aromatic N) is 3. The lowest BCUT2D eigenvalue weighted by Crippen LogP contribution is -2.22. The fourth-order valence-corrected chi connectivity index (χ4v) is 3.45. The zero-order chi connectivity index (χ0) is 19.3. The van der Waals surface area contributed by atoms with Crippen molar-refractivity contribution in [2.75, 3.05) is 24.6 Å². The van der Waals surface area contributed by atoms with Crippen molar-refractivity contribution in [2.24, 2.45) is 5.92 Å². The first-order valence-electron chi connectivity index (χ1n) is 9.43. The highest BCUT2D eigenvalue weighted by molar-refractivity contribution is 5.72. The molecule has 0 N–H and O–H groups in total. The summed E-state index contributed by atoms with van der Waals surface area (Å²) in [5.41, 5.74) is 2.59. The Kier molecular flexibility index (Phi) is 5.37. The third-order valence-electron chi connectivity index (χ3n) is 4.95. The summed E-state index contributed by atoms with van der Waals surface area (Å²) in [5, 5.41) is 4.37. The highest BCUT2D eigenvalue weighted by Crippen LogP contribution is 2.23. The summed E-state index contributed by atoms with van der Waals surface area (Å²) in [6.07, 6.45) is 2.90. The SMILES string of the molecule is O=C(Cc1ccn(-c2ccc(F)cc2)n1)OC[C@@H]1CCN(c2ccccc2)C1. The lowest BCUT2D eigenvalue weighted by molar-refractivity contribution is -0.144. The van der Waals surface area contributed by atoms with Crippen LogP contribution in [0.3, 0.4) is 0 Å². The van der Waals surface area contributed by atoms with Crippen molar-refractivity contribution in [3.63, 3.8) is 0 Å². The number of benzene rings is 2. The molecule has 1 aromatic heterocycles. The number of carbonyl (C=O) groups excluding carboxylic acids is 1. The quantitative estimate of drug-likeness (QED) is 0.614. The molecule has 0 spiro atoms. The predicted octanol–water partition coefficient (Wildman–Crippen LogP) is 3.62. The Bertz CT molecular complexity index is 924. The van der Waals surface area contributed by atoms with E-state index in [2.05, 4.69) is 22.1 Å². The van der Waals surface area contributed by atoms with Crippen LogP contribution in [0.2, 0.25) is 0 Å². The van der Waals surface area contributed by atoms with Crippen LogP contribution in [0.5, 0.6) is 0 Å². The first kappa shape index (κ1) is 18.2. The van der Waals surface area contributed by atoms with Gasteiger partial charge in [0, 0.05) is 30.9 Å². The smallest absolute Gasteiger partial charge is 0.311 e. The molecule has 1 fully saturated rings. The summed E-state index contributed by atoms with van der Waals surface area (Å²) in [5.74, 6) is -0.221. The van der Waals surface area contributed by atoms with Crippen LogP contribution < -0.4 is 4.90 Å². The van der Waals surface area contributed by atoms with Crippen molar-refractivity contribution in [2.45, 2.75) is 12.8 Å². The third kappa shape index (κ3) is 4.39. The maximum Gasteiger partial charge on any atom is 0.311 e. The molecule has 0 amide bonds. The van der Waals surface area contributed by atoms with Crippen LogP contribution in [0, 0.1) is 11.7 Å². The zero-order valence-electron chi connectivity index (χ0n) is 15.5. The van der Waals surface area contributed by atoms with E-state index in [4.69, 9.17) is 4.74 Å². The van der Waals surface area contributed by atoms with Crippen LogP contribution in [-0.4, -0.2) is 35.4 Å². The molecule has 2 aromatic carbocycles. The summed E-state index contributed by atoms with van der Waals surface area (Å²) in [4.78, 5) is 14.5. The van der Waals surface area contributed by atoms with Gasteiger partial charge >= 0.3 is 5.97 Å². The standard InChI is InChI=1S/C22H22FN3O2/c23-18-6-8-21(9-7-18)26-13-11-19(24-26)14-22(27)28-16-17-10-12-25(15-17)20-4-2-1-3-5-20/h1-9,11,13,17H,10,12,14-16H2/t17-/m1/s1. The number of aromatic nitrogens is 2. The minimum atomic E-state index is -0.294. The monoisotopic (exact) mass is 379 g/mol. The number of hydrogen-bond donors (Lipinski definition) is 0. The van der Waals surface area contributed by atoms with Gasteiger partial charge in [-0.3, -0.25) is 4.79 Å². The van der Waals surface area contributed by atoms with E-state index in [1.165, 1.54) is 17.8 Å². The van der Waals surface area contributed by atoms with Crippen LogP contribution in [0.15, 0.2) is 66.9 Å². The summed E-state index contributed by atoms with van der Waals surface area (Å²) in [6.45, 7) is 2.31. The molecule has 28 heavy (non-hydrogen) atoms. The number of ether oxygens (including phenoxy) is 1. The normalized spacial score (nSPS) is 16.3. The van der Waals surface area contributed by atoms with Gasteiger partial charge in [-0.25, -0.2) is 9.07 Å². The minimum absolute atomic E-state index is 0.128. The molecule has 0 saturated carbocycles. The summed E-state index contributed by atoms with van der Waals surface area (Å²) < 4.78 is 20.1. The van der Waals surface area contributed by atoms with Crippen molar-refractivity contribution in [3.05, 3.63) is 78.4 Å². The van der Waals surface area contributed by atoms with Crippen molar-refractivity contribution in [3.8, 4) is 5.69 Å². The maximum absolute atomic E-state index is 13.0. The van der Waals surface area contributed by atoms with Gasteiger partial charge in [0.15, 0.2) is 0 Å². The molecule has 0 bridgehead atoms. The molecule has 5 nitrogen and oxygen atoms in total. The first-order valence-corrected chi connectivity index (χ1v) is 9.43. The van der Waals surface area contributed by atoms with Crippen molar-refractivity contribution >= 4 is 11.7 Å². The number of rotatable bonds is 6. The lowest BCUT2D eigenvalue weighted by Gasteiger charge is -2.18. The first-order chi connectivity index (χ1) is 13.7. The predicted molar refractivity (Wildman–Crippen MR) is 105 cm³/mol. The lowest BCUT2D eigenvalue weighted by atomic mass is 10.1. The molecule has 1 atom stereocenters. The van der Waals surface area contributed by atoms with Gasteiger partial charge in [0.25, 0.3) is 0 Å². The average Bonchev–Trinajstić information content (AvgIpc) is 3.37. The second-order valence-electron chi connectivity index (χ2n) is 7.02. The highest BCUT2D eigenvalue weighted by Gasteiger charge is 2.24. The Hall–Kier alpha value is -3.15. The van der Waals surface area contributed by atoms with E-state index in [-0.39, 0.29) is 18.2 Å². The van der Waals surface area contributed by atoms with E-state index in [0.29, 0.717) is 18.2 Å². The maximum atomic E-state index is 13.0. The van der Waals surface area contributed by atoms with Crippen molar-refractivity contribution in [1.29, 1.82) is 0 Å². The molecular weight excluding hydrogens is 357 g/mol. The van der Waals surface area contributed by atoms with Crippen LogP contribution in [0.1, 0.15) is 12.1 Å². The number of para-hydroxylation sites is 1. The Labute approximate surface area is 163 Å². The van der Waals surface area contributed by atoms with Crippen LogP contribution in [-0.2, 0) is 16.0 Å². The van der Waals surface area contributed by atoms with E-state index in [9.17, 15) is 9.18 Å². The van der Waals surface area contributed by atoms with Gasteiger partial charge in [0.05, 0.1) is 24.4 Å². The molecule has 1 aliphatic heterocycles. The van der Waals surface area contributed by atoms with Crippen LogP contribution in [0.4, 0.5) is 10.1 Å². The second kappa shape index (κ2) is 8.25. The van der Waals surface area contributed by atoms with Gasteiger partial charge in [0.2, 0.25) is 0 Å². The number of esters is 1. The number of carbonyl (C=O) groups is 1. The fourth-order valence-electron chi connectivity index (χ4n) is 3.45. The average molecular weight is 379 g/mol. The van der Waals surface area contributed by atoms with Gasteiger partial charge in [-0.2, -0.15) is 5.10 Å². The molecule has 1 aliphatic rings. The van der Waals surface area contributed by atoms with Gasteiger partial charge in [-0.1, -0.05) is 18.2 Å². The van der Waals surface area contributed by atoms with E-state index < -0.39 is 0 Å². The molecule has 2 heterocycles. The number of hydrogen-bond acceptors (Lipinski definition) is 4. The van der Waals surface area contributed by atoms with Gasteiger partial charge in [-0.05, 0) is 48.9 Å². The summed E-state index contributed by atoms with van der Waals surface area (Å²) in [6, 6.07) is 18.1. The largest absolute Gasteiger partial charge is 0.465 e. The Morgan fingerprint density at radius 1 is 1.07 bits per heavy atom. The van der Waals surface area contributed by atoms with Crippen LogP contribution >= 0.6 is 0 Å². The number of halogens is 1. The Morgan fingerprint density at radius 2 is 1.86 bits per heavy atom. The fraction of sp³-hybridized carbons (Fsp3) is 0.273. The third-order valence-corrected chi connectivity index (χ3v) is 4.95. The summed E-state index contributed by atoms with van der Waals surface area (Å²) in [7, 11) is 0. The van der Waals surface area contributed by atoms with E-state index in [1.807, 2.05) is 18.2 Å². The summed E-state index contributed by atoms with van der Waals surface area (Å²) >= 11 is 0. The van der Waals surface area contributed by atoms with E-state index >= 15 is 0 Å². The highest BCUT2D eigenvalue weighted by atomic mass is 19.1. The molecule has 0 aliphatic carbocycles. The molecule has 0 radical (unpaired) electrons. The topological polar surface area (TPSA) is 47.4 Å². The van der Waals surface area contributed by atoms with E-state index in [0.717, 1.165) is 25.2 Å².